The van der Waals surface area contributed by atoms with E-state index >= 15 is 0 Å². The predicted molar refractivity (Wildman–Crippen MR) is 62.5 cm³/mol. The van der Waals surface area contributed by atoms with Crippen molar-refractivity contribution in [2.75, 3.05) is 20.2 Å². The first-order valence-electron chi connectivity index (χ1n) is 5.56. The third kappa shape index (κ3) is 2.00. The summed E-state index contributed by atoms with van der Waals surface area (Å²) in [5.41, 5.74) is 4.14. The van der Waals surface area contributed by atoms with Crippen LogP contribution in [0.2, 0.25) is 0 Å². The molecular formula is C13H19NO. The van der Waals surface area contributed by atoms with Crippen molar-refractivity contribution in [3.63, 3.8) is 0 Å². The zero-order valence-electron chi connectivity index (χ0n) is 9.76. The standard InChI is InChI=1S/C13H19NO/c1-9-10(2)13(15-3)5-4-12(9)6-11-7-14-8-11/h4-5,11,14H,6-8H2,1-3H3. The molecule has 2 rings (SSSR count). The second-order valence-corrected chi connectivity index (χ2v) is 4.41. The minimum Gasteiger partial charge on any atom is -0.496 e. The zero-order valence-corrected chi connectivity index (χ0v) is 9.76. The fourth-order valence-corrected chi connectivity index (χ4v) is 2.10. The largest absolute Gasteiger partial charge is 0.496 e. The van der Waals surface area contributed by atoms with Crippen molar-refractivity contribution < 1.29 is 4.74 Å². The highest BCUT2D eigenvalue weighted by atomic mass is 16.5. The van der Waals surface area contributed by atoms with Gasteiger partial charge in [0.05, 0.1) is 7.11 Å². The Balaban J connectivity index is 2.20. The fraction of sp³-hybridized carbons (Fsp3) is 0.538. The number of methoxy groups -OCH3 is 1. The van der Waals surface area contributed by atoms with Crippen molar-refractivity contribution in [2.45, 2.75) is 20.3 Å². The van der Waals surface area contributed by atoms with Gasteiger partial charge in [0, 0.05) is 0 Å². The molecule has 0 aromatic heterocycles. The van der Waals surface area contributed by atoms with E-state index in [1.54, 1.807) is 7.11 Å². The number of rotatable bonds is 3. The van der Waals surface area contributed by atoms with Gasteiger partial charge in [0.15, 0.2) is 0 Å². The molecule has 0 unspecified atom stereocenters. The van der Waals surface area contributed by atoms with Crippen molar-refractivity contribution >= 4 is 0 Å². The van der Waals surface area contributed by atoms with E-state index in [0.29, 0.717) is 0 Å². The highest BCUT2D eigenvalue weighted by molar-refractivity contribution is 5.43. The molecule has 1 saturated heterocycles. The first-order valence-corrected chi connectivity index (χ1v) is 5.56. The summed E-state index contributed by atoms with van der Waals surface area (Å²) in [6.45, 7) is 6.67. The van der Waals surface area contributed by atoms with Gasteiger partial charge in [-0.25, -0.2) is 0 Å². The number of ether oxygens (including phenoxy) is 1. The lowest BCUT2D eigenvalue weighted by Crippen LogP contribution is -2.43. The summed E-state index contributed by atoms with van der Waals surface area (Å²) in [6.07, 6.45) is 1.20. The van der Waals surface area contributed by atoms with Crippen LogP contribution in [0.25, 0.3) is 0 Å². The Kier molecular flexibility index (Phi) is 2.96. The van der Waals surface area contributed by atoms with Gasteiger partial charge in [-0.2, -0.15) is 0 Å². The Labute approximate surface area is 91.6 Å². The molecular weight excluding hydrogens is 186 g/mol. The minimum atomic E-state index is 0.830. The fourth-order valence-electron chi connectivity index (χ4n) is 2.10. The third-order valence-electron chi connectivity index (χ3n) is 3.44. The van der Waals surface area contributed by atoms with Crippen molar-refractivity contribution in [3.05, 3.63) is 28.8 Å². The van der Waals surface area contributed by atoms with Crippen LogP contribution < -0.4 is 10.1 Å². The van der Waals surface area contributed by atoms with E-state index in [9.17, 15) is 0 Å². The van der Waals surface area contributed by atoms with Crippen LogP contribution in [0.4, 0.5) is 0 Å². The highest BCUT2D eigenvalue weighted by Gasteiger charge is 2.18. The summed E-state index contributed by atoms with van der Waals surface area (Å²) < 4.78 is 5.31. The smallest absolute Gasteiger partial charge is 0.122 e. The van der Waals surface area contributed by atoms with E-state index < -0.39 is 0 Å². The number of hydrogen-bond donors (Lipinski definition) is 1. The Bertz CT molecular complexity index is 356. The van der Waals surface area contributed by atoms with Gasteiger partial charge in [-0.05, 0) is 62.0 Å². The molecule has 1 fully saturated rings. The molecule has 2 heteroatoms. The molecule has 0 bridgehead atoms. The second-order valence-electron chi connectivity index (χ2n) is 4.41. The molecule has 0 atom stereocenters. The Morgan fingerprint density at radius 2 is 2.00 bits per heavy atom. The second kappa shape index (κ2) is 4.23. The van der Waals surface area contributed by atoms with Crippen LogP contribution in [-0.4, -0.2) is 20.2 Å². The lowest BCUT2D eigenvalue weighted by atomic mass is 9.90. The lowest BCUT2D eigenvalue weighted by Gasteiger charge is -2.28. The average molecular weight is 205 g/mol. The van der Waals surface area contributed by atoms with E-state index in [-0.39, 0.29) is 0 Å². The van der Waals surface area contributed by atoms with Gasteiger partial charge < -0.3 is 10.1 Å². The molecule has 1 aromatic rings. The van der Waals surface area contributed by atoms with E-state index in [1.165, 1.54) is 36.2 Å². The monoisotopic (exact) mass is 205 g/mol. The lowest BCUT2D eigenvalue weighted by molar-refractivity contribution is 0.346. The Morgan fingerprint density at radius 1 is 1.27 bits per heavy atom. The summed E-state index contributed by atoms with van der Waals surface area (Å²) in [5.74, 6) is 1.83. The van der Waals surface area contributed by atoms with Crippen LogP contribution in [-0.2, 0) is 6.42 Å². The van der Waals surface area contributed by atoms with E-state index in [4.69, 9.17) is 4.74 Å². The van der Waals surface area contributed by atoms with Crippen LogP contribution in [0.3, 0.4) is 0 Å². The first kappa shape index (κ1) is 10.5. The van der Waals surface area contributed by atoms with Gasteiger partial charge in [0.25, 0.3) is 0 Å². The highest BCUT2D eigenvalue weighted by Crippen LogP contribution is 2.26. The predicted octanol–water partition coefficient (Wildman–Crippen LogP) is 2.07. The van der Waals surface area contributed by atoms with Crippen molar-refractivity contribution in [3.8, 4) is 5.75 Å². The van der Waals surface area contributed by atoms with Crippen LogP contribution in [0, 0.1) is 19.8 Å². The maximum absolute atomic E-state index is 5.31. The molecule has 82 valence electrons. The Morgan fingerprint density at radius 3 is 2.53 bits per heavy atom. The molecule has 0 spiro atoms. The molecule has 1 aromatic carbocycles. The van der Waals surface area contributed by atoms with E-state index in [0.717, 1.165) is 11.7 Å². The van der Waals surface area contributed by atoms with Crippen molar-refractivity contribution in [1.82, 2.24) is 5.32 Å². The molecule has 1 N–H and O–H groups in total. The maximum Gasteiger partial charge on any atom is 0.122 e. The van der Waals surface area contributed by atoms with Gasteiger partial charge in [0.2, 0.25) is 0 Å². The quantitative estimate of drug-likeness (QED) is 0.815. The molecule has 1 heterocycles. The summed E-state index contributed by atoms with van der Waals surface area (Å²) in [7, 11) is 1.73. The minimum absolute atomic E-state index is 0.830. The topological polar surface area (TPSA) is 21.3 Å². The Hall–Kier alpha value is -1.02. The van der Waals surface area contributed by atoms with E-state index in [1.807, 2.05) is 0 Å². The summed E-state index contributed by atoms with van der Waals surface area (Å²) >= 11 is 0. The van der Waals surface area contributed by atoms with E-state index in [2.05, 4.69) is 31.3 Å². The molecule has 1 aliphatic heterocycles. The number of hydrogen-bond acceptors (Lipinski definition) is 2. The molecule has 0 saturated carbocycles. The van der Waals surface area contributed by atoms with Gasteiger partial charge in [-0.15, -0.1) is 0 Å². The number of nitrogens with one attached hydrogen (secondary N) is 1. The third-order valence-corrected chi connectivity index (χ3v) is 3.44. The number of benzene rings is 1. The molecule has 1 aliphatic rings. The van der Waals surface area contributed by atoms with Crippen LogP contribution in [0.1, 0.15) is 16.7 Å². The SMILES string of the molecule is COc1ccc(CC2CNC2)c(C)c1C. The molecule has 0 amide bonds. The van der Waals surface area contributed by atoms with Crippen molar-refractivity contribution in [2.24, 2.45) is 5.92 Å². The van der Waals surface area contributed by atoms with Crippen molar-refractivity contribution in [1.29, 1.82) is 0 Å². The summed E-state index contributed by atoms with van der Waals surface area (Å²) in [6, 6.07) is 4.29. The first-order chi connectivity index (χ1) is 7.22. The molecule has 15 heavy (non-hydrogen) atoms. The van der Waals surface area contributed by atoms with Crippen LogP contribution in [0.5, 0.6) is 5.75 Å². The summed E-state index contributed by atoms with van der Waals surface area (Å²) in [4.78, 5) is 0. The molecule has 0 radical (unpaired) electrons. The van der Waals surface area contributed by atoms with Gasteiger partial charge in [0.1, 0.15) is 5.75 Å². The van der Waals surface area contributed by atoms with Crippen LogP contribution >= 0.6 is 0 Å². The maximum atomic E-state index is 5.31. The normalized spacial score (nSPS) is 16.2. The zero-order chi connectivity index (χ0) is 10.8. The molecule has 2 nitrogen and oxygen atoms in total. The summed E-state index contributed by atoms with van der Waals surface area (Å²) in [5, 5.41) is 3.31. The van der Waals surface area contributed by atoms with Crippen LogP contribution in [0.15, 0.2) is 12.1 Å². The average Bonchev–Trinajstić information content (AvgIpc) is 2.18. The van der Waals surface area contributed by atoms with Gasteiger partial charge >= 0.3 is 0 Å². The van der Waals surface area contributed by atoms with Gasteiger partial charge in [-0.3, -0.25) is 0 Å². The van der Waals surface area contributed by atoms with Gasteiger partial charge in [-0.1, -0.05) is 6.07 Å². The molecule has 0 aliphatic carbocycles.